The second-order valence-electron chi connectivity index (χ2n) is 7.30. The number of para-hydroxylation sites is 1. The SMILES string of the molecule is CCNC(=NCCCOc1ccccc1)NCCCc1nnc2n1CCCCC2.I. The van der Waals surface area contributed by atoms with E-state index in [1.807, 2.05) is 30.3 Å². The summed E-state index contributed by atoms with van der Waals surface area (Å²) in [6, 6.07) is 9.91. The third-order valence-corrected chi connectivity index (χ3v) is 4.98. The monoisotopic (exact) mass is 526 g/mol. The van der Waals surface area contributed by atoms with E-state index in [0.29, 0.717) is 6.61 Å². The molecule has 2 heterocycles. The highest BCUT2D eigenvalue weighted by Crippen LogP contribution is 2.15. The quantitative estimate of drug-likeness (QED) is 0.214. The fourth-order valence-corrected chi connectivity index (χ4v) is 3.49. The van der Waals surface area contributed by atoms with E-state index >= 15 is 0 Å². The number of nitrogens with one attached hydrogen (secondary N) is 2. The lowest BCUT2D eigenvalue weighted by atomic mass is 10.2. The highest BCUT2D eigenvalue weighted by Gasteiger charge is 2.14. The van der Waals surface area contributed by atoms with Gasteiger partial charge in [-0.1, -0.05) is 24.6 Å². The molecule has 0 atom stereocenters. The Morgan fingerprint density at radius 2 is 1.97 bits per heavy atom. The first kappa shape index (κ1) is 24.4. The van der Waals surface area contributed by atoms with Crippen molar-refractivity contribution < 1.29 is 4.74 Å². The number of guanidine groups is 1. The molecule has 0 aliphatic carbocycles. The fourth-order valence-electron chi connectivity index (χ4n) is 3.49. The lowest BCUT2D eigenvalue weighted by Gasteiger charge is -2.12. The zero-order chi connectivity index (χ0) is 20.2. The second-order valence-corrected chi connectivity index (χ2v) is 7.30. The average Bonchev–Trinajstić information content (AvgIpc) is 2.97. The first-order chi connectivity index (χ1) is 14.4. The van der Waals surface area contributed by atoms with Gasteiger partial charge in [0.15, 0.2) is 5.96 Å². The number of aliphatic imine (C=N–C) groups is 1. The number of hydrogen-bond acceptors (Lipinski definition) is 4. The first-order valence-corrected chi connectivity index (χ1v) is 11.0. The highest BCUT2D eigenvalue weighted by atomic mass is 127. The molecule has 1 aliphatic heterocycles. The predicted molar refractivity (Wildman–Crippen MR) is 132 cm³/mol. The van der Waals surface area contributed by atoms with Gasteiger partial charge >= 0.3 is 0 Å². The lowest BCUT2D eigenvalue weighted by Crippen LogP contribution is -2.38. The molecule has 0 unspecified atom stereocenters. The topological polar surface area (TPSA) is 76.4 Å². The summed E-state index contributed by atoms with van der Waals surface area (Å²) < 4.78 is 8.05. The van der Waals surface area contributed by atoms with Crippen LogP contribution in [-0.4, -0.2) is 47.0 Å². The van der Waals surface area contributed by atoms with Crippen molar-refractivity contribution in [2.24, 2.45) is 4.99 Å². The van der Waals surface area contributed by atoms with Gasteiger partial charge < -0.3 is 19.9 Å². The summed E-state index contributed by atoms with van der Waals surface area (Å²) in [6.07, 6.45) is 7.68. The Labute approximate surface area is 197 Å². The van der Waals surface area contributed by atoms with Gasteiger partial charge in [0, 0.05) is 45.4 Å². The van der Waals surface area contributed by atoms with Gasteiger partial charge in [0.05, 0.1) is 6.61 Å². The Hall–Kier alpha value is -1.84. The number of aromatic nitrogens is 3. The molecule has 0 fully saturated rings. The molecule has 2 aromatic rings. The van der Waals surface area contributed by atoms with E-state index in [-0.39, 0.29) is 24.0 Å². The summed E-state index contributed by atoms with van der Waals surface area (Å²) in [5.74, 6) is 4.07. The molecule has 7 nitrogen and oxygen atoms in total. The predicted octanol–water partition coefficient (Wildman–Crippen LogP) is 3.58. The third kappa shape index (κ3) is 8.12. The van der Waals surface area contributed by atoms with Crippen LogP contribution >= 0.6 is 24.0 Å². The highest BCUT2D eigenvalue weighted by molar-refractivity contribution is 14.0. The van der Waals surface area contributed by atoms with Gasteiger partial charge in [-0.05, 0) is 38.3 Å². The van der Waals surface area contributed by atoms with Gasteiger partial charge in [0.1, 0.15) is 17.4 Å². The molecule has 0 saturated carbocycles. The number of halogens is 1. The van der Waals surface area contributed by atoms with Crippen LogP contribution in [0.3, 0.4) is 0 Å². The Morgan fingerprint density at radius 1 is 1.10 bits per heavy atom. The Bertz CT molecular complexity index is 749. The van der Waals surface area contributed by atoms with Gasteiger partial charge in [-0.3, -0.25) is 4.99 Å². The van der Waals surface area contributed by atoms with Crippen molar-refractivity contribution >= 4 is 29.9 Å². The van der Waals surface area contributed by atoms with Crippen LogP contribution in [0.15, 0.2) is 35.3 Å². The number of nitrogens with zero attached hydrogens (tertiary/aromatic N) is 4. The van der Waals surface area contributed by atoms with Crippen LogP contribution in [0.4, 0.5) is 0 Å². The molecular weight excluding hydrogens is 491 g/mol. The molecule has 0 amide bonds. The van der Waals surface area contributed by atoms with E-state index in [1.54, 1.807) is 0 Å². The van der Waals surface area contributed by atoms with Crippen LogP contribution < -0.4 is 15.4 Å². The maximum absolute atomic E-state index is 5.72. The van der Waals surface area contributed by atoms with Gasteiger partial charge in [-0.15, -0.1) is 34.2 Å². The van der Waals surface area contributed by atoms with Crippen LogP contribution in [-0.2, 0) is 19.4 Å². The second kappa shape index (κ2) is 14.2. The van der Waals surface area contributed by atoms with Crippen molar-refractivity contribution in [1.82, 2.24) is 25.4 Å². The Balaban J connectivity index is 0.00000320. The van der Waals surface area contributed by atoms with Crippen molar-refractivity contribution in [3.63, 3.8) is 0 Å². The largest absolute Gasteiger partial charge is 0.494 e. The van der Waals surface area contributed by atoms with Crippen molar-refractivity contribution in [3.05, 3.63) is 42.0 Å². The maximum atomic E-state index is 5.72. The normalized spacial score (nSPS) is 13.7. The van der Waals surface area contributed by atoms with Crippen LogP contribution in [0.25, 0.3) is 0 Å². The fraction of sp³-hybridized carbons (Fsp3) is 0.591. The summed E-state index contributed by atoms with van der Waals surface area (Å²) in [7, 11) is 0. The Morgan fingerprint density at radius 3 is 2.80 bits per heavy atom. The minimum Gasteiger partial charge on any atom is -0.494 e. The van der Waals surface area contributed by atoms with Crippen molar-refractivity contribution in [3.8, 4) is 5.75 Å². The van der Waals surface area contributed by atoms with E-state index < -0.39 is 0 Å². The van der Waals surface area contributed by atoms with Crippen LogP contribution in [0.1, 0.15) is 50.7 Å². The molecule has 0 saturated heterocycles. The maximum Gasteiger partial charge on any atom is 0.191 e. The number of rotatable bonds is 10. The smallest absolute Gasteiger partial charge is 0.191 e. The third-order valence-electron chi connectivity index (χ3n) is 4.98. The molecule has 30 heavy (non-hydrogen) atoms. The molecule has 0 radical (unpaired) electrons. The lowest BCUT2D eigenvalue weighted by molar-refractivity contribution is 0.313. The number of aryl methyl sites for hydroxylation is 2. The molecule has 1 aromatic heterocycles. The molecule has 8 heteroatoms. The van der Waals surface area contributed by atoms with Crippen molar-refractivity contribution in [2.75, 3.05) is 26.2 Å². The molecule has 0 bridgehead atoms. The summed E-state index contributed by atoms with van der Waals surface area (Å²) in [5, 5.41) is 15.5. The zero-order valence-electron chi connectivity index (χ0n) is 18.0. The number of benzene rings is 1. The average molecular weight is 526 g/mol. The number of hydrogen-bond donors (Lipinski definition) is 2. The summed E-state index contributed by atoms with van der Waals surface area (Å²) >= 11 is 0. The zero-order valence-corrected chi connectivity index (χ0v) is 20.3. The van der Waals surface area contributed by atoms with Gasteiger partial charge in [-0.25, -0.2) is 0 Å². The molecule has 3 rings (SSSR count). The molecule has 1 aliphatic rings. The molecule has 166 valence electrons. The van der Waals surface area contributed by atoms with Crippen LogP contribution in [0.2, 0.25) is 0 Å². The molecule has 0 spiro atoms. The standard InChI is InChI=1S/C22H34N6O.HI/c1-2-23-22(25-16-10-18-29-19-11-5-3-6-12-19)24-15-9-14-21-27-26-20-13-7-4-8-17-28(20)21;/h3,5-6,11-12H,2,4,7-10,13-18H2,1H3,(H2,23,24,25);1H. The Kier molecular flexibility index (Phi) is 11.6. The number of fused-ring (bicyclic) bond motifs is 1. The summed E-state index contributed by atoms with van der Waals surface area (Å²) in [4.78, 5) is 4.64. The van der Waals surface area contributed by atoms with Gasteiger partial charge in [-0.2, -0.15) is 0 Å². The van der Waals surface area contributed by atoms with E-state index in [0.717, 1.165) is 75.2 Å². The van der Waals surface area contributed by atoms with Crippen LogP contribution in [0, 0.1) is 0 Å². The van der Waals surface area contributed by atoms with Gasteiger partial charge in [0.2, 0.25) is 0 Å². The van der Waals surface area contributed by atoms with E-state index in [2.05, 4.69) is 37.3 Å². The minimum absolute atomic E-state index is 0. The molecular formula is C22H35IN6O. The van der Waals surface area contributed by atoms with E-state index in [1.165, 1.54) is 19.3 Å². The first-order valence-electron chi connectivity index (χ1n) is 11.0. The summed E-state index contributed by atoms with van der Waals surface area (Å²) in [5.41, 5.74) is 0. The van der Waals surface area contributed by atoms with Crippen molar-refractivity contribution in [2.45, 2.75) is 58.4 Å². The number of ether oxygens (including phenoxy) is 1. The van der Waals surface area contributed by atoms with Crippen molar-refractivity contribution in [1.29, 1.82) is 0 Å². The molecule has 1 aromatic carbocycles. The van der Waals surface area contributed by atoms with E-state index in [4.69, 9.17) is 4.74 Å². The van der Waals surface area contributed by atoms with Crippen LogP contribution in [0.5, 0.6) is 5.75 Å². The minimum atomic E-state index is 0. The van der Waals surface area contributed by atoms with Gasteiger partial charge in [0.25, 0.3) is 0 Å². The van der Waals surface area contributed by atoms with E-state index in [9.17, 15) is 0 Å². The molecule has 2 N–H and O–H groups in total. The summed E-state index contributed by atoms with van der Waals surface area (Å²) in [6.45, 7) is 6.28.